The van der Waals surface area contributed by atoms with Gasteiger partial charge in [-0.1, -0.05) is 18.5 Å². The van der Waals surface area contributed by atoms with E-state index in [0.29, 0.717) is 18.2 Å². The summed E-state index contributed by atoms with van der Waals surface area (Å²) in [6.45, 7) is 3.21. The van der Waals surface area contributed by atoms with Crippen molar-refractivity contribution in [2.24, 2.45) is 5.92 Å². The second-order valence-electron chi connectivity index (χ2n) is 4.06. The molecule has 0 radical (unpaired) electrons. The molecule has 1 N–H and O–H groups in total. The number of aromatic nitrogens is 2. The molecule has 0 aromatic carbocycles. The summed E-state index contributed by atoms with van der Waals surface area (Å²) in [4.78, 5) is 13.4. The maximum atomic E-state index is 11.4. The molecule has 1 atom stereocenters. The van der Waals surface area contributed by atoms with Crippen molar-refractivity contribution < 1.29 is 4.79 Å². The minimum absolute atomic E-state index is 0.0408. The Morgan fingerprint density at radius 1 is 1.53 bits per heavy atom. The molecule has 0 bridgehead atoms. The molecule has 1 rings (SSSR count). The van der Waals surface area contributed by atoms with Gasteiger partial charge in [-0.15, -0.1) is 5.10 Å². The standard InChI is InChI=1S/C11H17ClN4O/c1-8(11(17)13-2)6-16(3)7-9-4-5-10(12)15-14-9/h4-5,8H,6-7H2,1-3H3,(H,13,17). The lowest BCUT2D eigenvalue weighted by molar-refractivity contribution is -0.124. The van der Waals surface area contributed by atoms with Crippen LogP contribution >= 0.6 is 11.6 Å². The molecule has 0 aliphatic carbocycles. The molecule has 17 heavy (non-hydrogen) atoms. The maximum Gasteiger partial charge on any atom is 0.223 e. The van der Waals surface area contributed by atoms with Crippen molar-refractivity contribution in [2.75, 3.05) is 20.6 Å². The van der Waals surface area contributed by atoms with Crippen molar-refractivity contribution in [3.05, 3.63) is 23.0 Å². The summed E-state index contributed by atoms with van der Waals surface area (Å²) in [5.41, 5.74) is 0.834. The fourth-order valence-electron chi connectivity index (χ4n) is 1.57. The fourth-order valence-corrected chi connectivity index (χ4v) is 1.67. The normalized spacial score (nSPS) is 12.5. The average molecular weight is 257 g/mol. The Labute approximate surface area is 106 Å². The fraction of sp³-hybridized carbons (Fsp3) is 0.545. The van der Waals surface area contributed by atoms with E-state index in [1.807, 2.05) is 24.9 Å². The third-order valence-corrected chi connectivity index (χ3v) is 2.60. The van der Waals surface area contributed by atoms with Gasteiger partial charge in [0.2, 0.25) is 5.91 Å². The van der Waals surface area contributed by atoms with Gasteiger partial charge in [-0.2, -0.15) is 5.10 Å². The number of amides is 1. The van der Waals surface area contributed by atoms with E-state index in [-0.39, 0.29) is 11.8 Å². The van der Waals surface area contributed by atoms with Crippen LogP contribution in [0.3, 0.4) is 0 Å². The Hall–Kier alpha value is -1.20. The smallest absolute Gasteiger partial charge is 0.223 e. The molecule has 6 heteroatoms. The molecule has 0 aliphatic rings. The Bertz CT molecular complexity index is 368. The van der Waals surface area contributed by atoms with Crippen LogP contribution in [0, 0.1) is 5.92 Å². The molecule has 5 nitrogen and oxygen atoms in total. The largest absolute Gasteiger partial charge is 0.359 e. The topological polar surface area (TPSA) is 58.1 Å². The molecule has 1 amide bonds. The number of nitrogens with one attached hydrogen (secondary N) is 1. The summed E-state index contributed by atoms with van der Waals surface area (Å²) in [7, 11) is 3.58. The minimum atomic E-state index is -0.0507. The van der Waals surface area contributed by atoms with Crippen LogP contribution in [0.5, 0.6) is 0 Å². The third-order valence-electron chi connectivity index (χ3n) is 2.40. The van der Waals surface area contributed by atoms with Crippen molar-refractivity contribution in [3.63, 3.8) is 0 Å². The predicted octanol–water partition coefficient (Wildman–Crippen LogP) is 0.944. The number of carbonyl (C=O) groups is 1. The maximum absolute atomic E-state index is 11.4. The zero-order valence-corrected chi connectivity index (χ0v) is 11.0. The van der Waals surface area contributed by atoms with Crippen molar-refractivity contribution >= 4 is 17.5 Å². The molecule has 0 saturated heterocycles. The average Bonchev–Trinajstić information content (AvgIpc) is 2.30. The van der Waals surface area contributed by atoms with E-state index in [9.17, 15) is 4.79 Å². The molecule has 94 valence electrons. The van der Waals surface area contributed by atoms with Gasteiger partial charge in [0.15, 0.2) is 5.15 Å². The van der Waals surface area contributed by atoms with E-state index in [0.717, 1.165) is 5.69 Å². The van der Waals surface area contributed by atoms with Crippen LogP contribution in [-0.4, -0.2) is 41.6 Å². The Balaban J connectivity index is 2.46. The first-order valence-corrected chi connectivity index (χ1v) is 5.79. The first kappa shape index (κ1) is 13.9. The van der Waals surface area contributed by atoms with Crippen LogP contribution < -0.4 is 5.32 Å². The van der Waals surface area contributed by atoms with Gasteiger partial charge in [0.25, 0.3) is 0 Å². The summed E-state index contributed by atoms with van der Waals surface area (Å²) in [6, 6.07) is 3.54. The van der Waals surface area contributed by atoms with Crippen LogP contribution in [0.4, 0.5) is 0 Å². The first-order chi connectivity index (χ1) is 8.02. The number of halogens is 1. The summed E-state index contributed by atoms with van der Waals surface area (Å²) in [5, 5.41) is 10.8. The van der Waals surface area contributed by atoms with Crippen LogP contribution in [0.25, 0.3) is 0 Å². The van der Waals surface area contributed by atoms with Crippen molar-refractivity contribution in [3.8, 4) is 0 Å². The molecular formula is C11H17ClN4O. The molecule has 1 unspecified atom stereocenters. The number of hydrogen-bond donors (Lipinski definition) is 1. The monoisotopic (exact) mass is 256 g/mol. The van der Waals surface area contributed by atoms with Gasteiger partial charge < -0.3 is 5.32 Å². The summed E-state index contributed by atoms with van der Waals surface area (Å²) >= 11 is 5.65. The number of nitrogens with zero attached hydrogens (tertiary/aromatic N) is 3. The summed E-state index contributed by atoms with van der Waals surface area (Å²) < 4.78 is 0. The van der Waals surface area contributed by atoms with Crippen LogP contribution in [0.15, 0.2) is 12.1 Å². The summed E-state index contributed by atoms with van der Waals surface area (Å²) in [5.74, 6) is -0.00991. The highest BCUT2D eigenvalue weighted by molar-refractivity contribution is 6.29. The molecule has 0 aliphatic heterocycles. The molecule has 1 heterocycles. The van der Waals surface area contributed by atoms with Crippen LogP contribution in [0.2, 0.25) is 5.15 Å². The number of rotatable bonds is 5. The van der Waals surface area contributed by atoms with E-state index >= 15 is 0 Å². The third kappa shape index (κ3) is 4.66. The highest BCUT2D eigenvalue weighted by Gasteiger charge is 2.13. The van der Waals surface area contributed by atoms with E-state index in [1.54, 1.807) is 13.1 Å². The molecule has 0 fully saturated rings. The Kier molecular flexibility index (Phi) is 5.31. The number of hydrogen-bond acceptors (Lipinski definition) is 4. The highest BCUT2D eigenvalue weighted by Crippen LogP contribution is 2.06. The van der Waals surface area contributed by atoms with E-state index in [1.165, 1.54) is 0 Å². The second kappa shape index (κ2) is 6.51. The quantitative estimate of drug-likeness (QED) is 0.852. The van der Waals surface area contributed by atoms with Crippen molar-refractivity contribution in [1.82, 2.24) is 20.4 Å². The van der Waals surface area contributed by atoms with Gasteiger partial charge in [0.05, 0.1) is 5.69 Å². The van der Waals surface area contributed by atoms with Gasteiger partial charge in [0.1, 0.15) is 0 Å². The van der Waals surface area contributed by atoms with Crippen LogP contribution in [0.1, 0.15) is 12.6 Å². The predicted molar refractivity (Wildman–Crippen MR) is 66.6 cm³/mol. The van der Waals surface area contributed by atoms with Gasteiger partial charge >= 0.3 is 0 Å². The van der Waals surface area contributed by atoms with Crippen molar-refractivity contribution in [2.45, 2.75) is 13.5 Å². The number of carbonyl (C=O) groups excluding carboxylic acids is 1. The lowest BCUT2D eigenvalue weighted by Gasteiger charge is -2.19. The highest BCUT2D eigenvalue weighted by atomic mass is 35.5. The molecule has 1 aromatic heterocycles. The Morgan fingerprint density at radius 3 is 2.76 bits per heavy atom. The van der Waals surface area contributed by atoms with Gasteiger partial charge in [0, 0.05) is 26.1 Å². The van der Waals surface area contributed by atoms with E-state index in [4.69, 9.17) is 11.6 Å². The Morgan fingerprint density at radius 2 is 2.24 bits per heavy atom. The van der Waals surface area contributed by atoms with Gasteiger partial charge in [-0.3, -0.25) is 9.69 Å². The van der Waals surface area contributed by atoms with Gasteiger partial charge in [-0.25, -0.2) is 0 Å². The van der Waals surface area contributed by atoms with Crippen molar-refractivity contribution in [1.29, 1.82) is 0 Å². The first-order valence-electron chi connectivity index (χ1n) is 5.41. The molecule has 0 saturated carbocycles. The van der Waals surface area contributed by atoms with Gasteiger partial charge in [-0.05, 0) is 19.2 Å². The zero-order valence-electron chi connectivity index (χ0n) is 10.3. The zero-order chi connectivity index (χ0) is 12.8. The van der Waals surface area contributed by atoms with E-state index < -0.39 is 0 Å². The van der Waals surface area contributed by atoms with Crippen LogP contribution in [-0.2, 0) is 11.3 Å². The SMILES string of the molecule is CNC(=O)C(C)CN(C)Cc1ccc(Cl)nn1. The van der Waals surface area contributed by atoms with E-state index in [2.05, 4.69) is 15.5 Å². The lowest BCUT2D eigenvalue weighted by atomic mass is 10.1. The minimum Gasteiger partial charge on any atom is -0.359 e. The second-order valence-corrected chi connectivity index (χ2v) is 4.45. The molecule has 1 aromatic rings. The lowest BCUT2D eigenvalue weighted by Crippen LogP contribution is -2.34. The summed E-state index contributed by atoms with van der Waals surface area (Å²) in [6.07, 6.45) is 0. The molecule has 0 spiro atoms. The molecular weight excluding hydrogens is 240 g/mol.